The van der Waals surface area contributed by atoms with Crippen LogP contribution in [-0.2, 0) is 11.3 Å². The van der Waals surface area contributed by atoms with E-state index in [9.17, 15) is 9.59 Å². The molecule has 0 N–H and O–H groups in total. The molecule has 2 heterocycles. The fourth-order valence-electron chi connectivity index (χ4n) is 3.54. The molecule has 3 aromatic rings. The normalized spacial score (nSPS) is 14.8. The lowest BCUT2D eigenvalue weighted by Crippen LogP contribution is -2.41. The third kappa shape index (κ3) is 4.10. The lowest BCUT2D eigenvalue weighted by Gasteiger charge is -2.29. The Hall–Kier alpha value is -3.48. The maximum Gasteiger partial charge on any atom is 0.336 e. The second kappa shape index (κ2) is 8.49. The van der Waals surface area contributed by atoms with Gasteiger partial charge in [0, 0.05) is 36.2 Å². The van der Waals surface area contributed by atoms with Crippen LogP contribution < -0.4 is 19.8 Å². The van der Waals surface area contributed by atoms with Gasteiger partial charge in [0.1, 0.15) is 11.3 Å². The van der Waals surface area contributed by atoms with Crippen molar-refractivity contribution in [2.45, 2.75) is 26.0 Å². The minimum Gasteiger partial charge on any atom is -0.493 e. The monoisotopic (exact) mass is 409 g/mol. The minimum absolute atomic E-state index is 0.125. The predicted molar refractivity (Wildman–Crippen MR) is 111 cm³/mol. The maximum absolute atomic E-state index is 13.1. The lowest BCUT2D eigenvalue weighted by molar-refractivity contribution is -0.138. The van der Waals surface area contributed by atoms with E-state index in [2.05, 4.69) is 0 Å². The standard InChI is InChI=1S/C23H23NO6/c1-15(29-18-9-7-16-8-10-21(25)30-20(16)13-18)23(26)24-11-4-12-28-22-17(14-24)5-3-6-19(22)27-2/h3,5-10,13,15H,4,11-12,14H2,1-2H3. The van der Waals surface area contributed by atoms with Crippen LogP contribution in [0.5, 0.6) is 17.2 Å². The third-order valence-corrected chi connectivity index (χ3v) is 5.03. The summed E-state index contributed by atoms with van der Waals surface area (Å²) in [7, 11) is 1.60. The largest absolute Gasteiger partial charge is 0.493 e. The van der Waals surface area contributed by atoms with Crippen molar-refractivity contribution in [3.63, 3.8) is 0 Å². The second-order valence-electron chi connectivity index (χ2n) is 7.12. The fraction of sp³-hybridized carbons (Fsp3) is 0.304. The Morgan fingerprint density at radius 2 is 2.00 bits per heavy atom. The molecule has 1 aromatic heterocycles. The summed E-state index contributed by atoms with van der Waals surface area (Å²) < 4.78 is 22.3. The molecule has 4 rings (SSSR count). The summed E-state index contributed by atoms with van der Waals surface area (Å²) in [4.78, 5) is 26.3. The number of amides is 1. The number of para-hydroxylation sites is 1. The number of hydrogen-bond acceptors (Lipinski definition) is 6. The Kier molecular flexibility index (Phi) is 5.61. The van der Waals surface area contributed by atoms with Crippen LogP contribution in [0.1, 0.15) is 18.9 Å². The van der Waals surface area contributed by atoms with E-state index in [1.165, 1.54) is 6.07 Å². The summed E-state index contributed by atoms with van der Waals surface area (Å²) in [6.07, 6.45) is 0.00385. The zero-order valence-corrected chi connectivity index (χ0v) is 16.9. The molecule has 1 aliphatic heterocycles. The van der Waals surface area contributed by atoms with E-state index in [4.69, 9.17) is 18.6 Å². The molecule has 7 nitrogen and oxygen atoms in total. The smallest absolute Gasteiger partial charge is 0.336 e. The van der Waals surface area contributed by atoms with E-state index in [1.54, 1.807) is 43.2 Å². The van der Waals surface area contributed by atoms with Gasteiger partial charge in [0.25, 0.3) is 5.91 Å². The van der Waals surface area contributed by atoms with Crippen LogP contribution >= 0.6 is 0 Å². The molecular formula is C23H23NO6. The van der Waals surface area contributed by atoms with E-state index < -0.39 is 11.7 Å². The van der Waals surface area contributed by atoms with E-state index in [0.29, 0.717) is 48.9 Å². The molecule has 7 heteroatoms. The van der Waals surface area contributed by atoms with Crippen LogP contribution in [0.4, 0.5) is 0 Å². The highest BCUT2D eigenvalue weighted by molar-refractivity contribution is 5.82. The van der Waals surface area contributed by atoms with E-state index in [0.717, 1.165) is 10.9 Å². The molecule has 0 bridgehead atoms. The van der Waals surface area contributed by atoms with Crippen molar-refractivity contribution in [3.8, 4) is 17.2 Å². The van der Waals surface area contributed by atoms with Crippen LogP contribution in [0, 0.1) is 0 Å². The summed E-state index contributed by atoms with van der Waals surface area (Å²) >= 11 is 0. The number of ether oxygens (including phenoxy) is 3. The van der Waals surface area contributed by atoms with Crippen LogP contribution in [-0.4, -0.2) is 37.2 Å². The first kappa shape index (κ1) is 19.8. The number of methoxy groups -OCH3 is 1. The number of benzene rings is 2. The van der Waals surface area contributed by atoms with Crippen molar-refractivity contribution >= 4 is 16.9 Å². The first-order valence-electron chi connectivity index (χ1n) is 9.83. The SMILES string of the molecule is COc1cccc2c1OCCCN(C(=O)C(C)Oc1ccc3ccc(=O)oc3c1)C2. The van der Waals surface area contributed by atoms with Gasteiger partial charge in [-0.15, -0.1) is 0 Å². The summed E-state index contributed by atoms with van der Waals surface area (Å²) in [5.41, 5.74) is 0.881. The van der Waals surface area contributed by atoms with Crippen molar-refractivity contribution < 1.29 is 23.4 Å². The molecule has 1 atom stereocenters. The van der Waals surface area contributed by atoms with Crippen LogP contribution in [0.15, 0.2) is 57.7 Å². The topological polar surface area (TPSA) is 78.2 Å². The number of hydrogen-bond donors (Lipinski definition) is 0. The fourth-order valence-corrected chi connectivity index (χ4v) is 3.54. The highest BCUT2D eigenvalue weighted by Crippen LogP contribution is 2.33. The van der Waals surface area contributed by atoms with Crippen molar-refractivity contribution in [1.82, 2.24) is 4.90 Å². The number of rotatable bonds is 4. The van der Waals surface area contributed by atoms with Crippen molar-refractivity contribution in [3.05, 3.63) is 64.5 Å². The summed E-state index contributed by atoms with van der Waals surface area (Å²) in [5.74, 6) is 1.68. The Balaban J connectivity index is 1.52. The molecule has 0 aliphatic carbocycles. The van der Waals surface area contributed by atoms with Gasteiger partial charge in [-0.25, -0.2) is 4.79 Å². The minimum atomic E-state index is -0.702. The van der Waals surface area contributed by atoms with Gasteiger partial charge in [0.05, 0.1) is 13.7 Å². The van der Waals surface area contributed by atoms with Crippen molar-refractivity contribution in [1.29, 1.82) is 0 Å². The highest BCUT2D eigenvalue weighted by atomic mass is 16.5. The zero-order chi connectivity index (χ0) is 21.1. The van der Waals surface area contributed by atoms with Gasteiger partial charge < -0.3 is 23.5 Å². The number of carbonyl (C=O) groups is 1. The summed E-state index contributed by atoms with van der Waals surface area (Å²) in [5, 5.41) is 0.787. The van der Waals surface area contributed by atoms with Gasteiger partial charge in [-0.3, -0.25) is 4.79 Å². The highest BCUT2D eigenvalue weighted by Gasteiger charge is 2.25. The Morgan fingerprint density at radius 1 is 1.17 bits per heavy atom. The molecule has 0 saturated carbocycles. The van der Waals surface area contributed by atoms with Gasteiger partial charge in [-0.1, -0.05) is 12.1 Å². The molecule has 0 saturated heterocycles. The number of fused-ring (bicyclic) bond motifs is 2. The zero-order valence-electron chi connectivity index (χ0n) is 16.9. The molecule has 156 valence electrons. The molecule has 1 aliphatic rings. The second-order valence-corrected chi connectivity index (χ2v) is 7.12. The number of nitrogens with zero attached hydrogens (tertiary/aromatic N) is 1. The molecule has 1 unspecified atom stereocenters. The molecule has 1 amide bonds. The Morgan fingerprint density at radius 3 is 2.83 bits per heavy atom. The van der Waals surface area contributed by atoms with Crippen LogP contribution in [0.25, 0.3) is 11.0 Å². The van der Waals surface area contributed by atoms with Crippen LogP contribution in [0.2, 0.25) is 0 Å². The molecule has 30 heavy (non-hydrogen) atoms. The average Bonchev–Trinajstić information content (AvgIpc) is 2.73. The van der Waals surface area contributed by atoms with Gasteiger partial charge >= 0.3 is 5.63 Å². The molecular weight excluding hydrogens is 386 g/mol. The maximum atomic E-state index is 13.1. The first-order valence-corrected chi connectivity index (χ1v) is 9.83. The molecule has 2 aromatic carbocycles. The summed E-state index contributed by atoms with van der Waals surface area (Å²) in [6.45, 7) is 3.19. The summed E-state index contributed by atoms with van der Waals surface area (Å²) in [6, 6.07) is 13.9. The molecule has 0 spiro atoms. The Bertz CT molecular complexity index is 1120. The van der Waals surface area contributed by atoms with Gasteiger partial charge in [-0.2, -0.15) is 0 Å². The van der Waals surface area contributed by atoms with E-state index in [-0.39, 0.29) is 5.91 Å². The van der Waals surface area contributed by atoms with E-state index >= 15 is 0 Å². The van der Waals surface area contributed by atoms with Gasteiger partial charge in [0.15, 0.2) is 17.6 Å². The van der Waals surface area contributed by atoms with Gasteiger partial charge in [0.2, 0.25) is 0 Å². The quantitative estimate of drug-likeness (QED) is 0.615. The number of carbonyl (C=O) groups excluding carboxylic acids is 1. The lowest BCUT2D eigenvalue weighted by atomic mass is 10.1. The van der Waals surface area contributed by atoms with Crippen LogP contribution in [0.3, 0.4) is 0 Å². The van der Waals surface area contributed by atoms with Crippen molar-refractivity contribution in [2.75, 3.05) is 20.3 Å². The predicted octanol–water partition coefficient (Wildman–Crippen LogP) is 3.38. The molecule has 0 fully saturated rings. The van der Waals surface area contributed by atoms with Crippen molar-refractivity contribution in [2.24, 2.45) is 0 Å². The van der Waals surface area contributed by atoms with E-state index in [1.807, 2.05) is 18.2 Å². The van der Waals surface area contributed by atoms with Gasteiger partial charge in [-0.05, 0) is 37.6 Å². The Labute approximate surface area is 173 Å². The molecule has 0 radical (unpaired) electrons. The average molecular weight is 409 g/mol. The third-order valence-electron chi connectivity index (χ3n) is 5.03. The first-order chi connectivity index (χ1) is 14.5.